The molecule has 0 radical (unpaired) electrons. The van der Waals surface area contributed by atoms with Crippen molar-refractivity contribution in [1.82, 2.24) is 0 Å². The smallest absolute Gasteiger partial charge is 0.238 e. The average Bonchev–Trinajstić information content (AvgIpc) is 3.39. The highest BCUT2D eigenvalue weighted by Gasteiger charge is 2.56. The molecule has 1 saturated heterocycles. The van der Waals surface area contributed by atoms with Gasteiger partial charge in [0.25, 0.3) is 0 Å². The van der Waals surface area contributed by atoms with Crippen LogP contribution in [0.25, 0.3) is 0 Å². The largest absolute Gasteiger partial charge is 0.507 e. The number of phenols is 1. The second kappa shape index (κ2) is 12.5. The number of anilines is 3. The third-order valence-electron chi connectivity index (χ3n) is 10.3. The third-order valence-corrected chi connectivity index (χ3v) is 10.3. The first-order chi connectivity index (χ1) is 24.3. The zero-order chi connectivity index (χ0) is 34.5. The number of hydrogen-bond acceptors (Lipinski definition) is 7. The number of nitrogens with one attached hydrogen (secondary N) is 1. The second-order valence-electron chi connectivity index (χ2n) is 13.3. The number of imide groups is 1. The van der Waals surface area contributed by atoms with E-state index in [1.165, 1.54) is 17.0 Å². The molecule has 0 saturated carbocycles. The molecule has 8 nitrogen and oxygen atoms in total. The maximum atomic E-state index is 14.3. The van der Waals surface area contributed by atoms with Crippen LogP contribution in [0.2, 0.25) is 0 Å². The minimum atomic E-state index is -0.756. The summed E-state index contributed by atoms with van der Waals surface area (Å²) in [6, 6.07) is 31.5. The third kappa shape index (κ3) is 5.33. The first kappa shape index (κ1) is 31.3. The molecule has 0 spiro atoms. The number of fused-ring (bicyclic) bond motifs is 3. The van der Waals surface area contributed by atoms with E-state index in [0.717, 1.165) is 22.5 Å². The topological polar surface area (TPSA) is 113 Å². The molecule has 4 aromatic carbocycles. The van der Waals surface area contributed by atoms with Gasteiger partial charge in [-0.15, -0.1) is 0 Å². The number of hydrogen-bond donors (Lipinski definition) is 2. The van der Waals surface area contributed by atoms with Gasteiger partial charge < -0.3 is 15.2 Å². The number of para-hydroxylation sites is 1. The van der Waals surface area contributed by atoms with Crippen LogP contribution in [0.1, 0.15) is 36.8 Å². The van der Waals surface area contributed by atoms with Gasteiger partial charge in [-0.3, -0.25) is 24.1 Å². The van der Waals surface area contributed by atoms with Crippen LogP contribution < -0.4 is 15.0 Å². The Labute approximate surface area is 289 Å². The fourth-order valence-electron chi connectivity index (χ4n) is 7.97. The lowest BCUT2D eigenvalue weighted by atomic mass is 9.59. The molecule has 1 heterocycles. The first-order valence-corrected chi connectivity index (χ1v) is 16.8. The first-order valence-electron chi connectivity index (χ1n) is 16.8. The van der Waals surface area contributed by atoms with Crippen molar-refractivity contribution in [2.24, 2.45) is 17.8 Å². The fourth-order valence-corrected chi connectivity index (χ4v) is 7.97. The summed E-state index contributed by atoms with van der Waals surface area (Å²) in [5, 5.41) is 14.8. The van der Waals surface area contributed by atoms with Gasteiger partial charge in [0.05, 0.1) is 17.5 Å². The van der Waals surface area contributed by atoms with Crippen LogP contribution in [0.3, 0.4) is 0 Å². The summed E-state index contributed by atoms with van der Waals surface area (Å²) in [6.07, 6.45) is 3.78. The zero-order valence-corrected chi connectivity index (χ0v) is 27.3. The summed E-state index contributed by atoms with van der Waals surface area (Å²) in [6.45, 7) is 1.93. The lowest BCUT2D eigenvalue weighted by Crippen LogP contribution is -2.39. The molecular weight excluding hydrogens is 628 g/mol. The van der Waals surface area contributed by atoms with Crippen molar-refractivity contribution in [1.29, 1.82) is 0 Å². The normalized spacial score (nSPS) is 22.8. The standard InChI is InChI=1S/C42H34N2O6/c1-24-20-36(46)39-34(40(24)47)22-33-30(37(39)31-17-16-29(21-35(31)45)50-23-25-8-4-2-5-9-25)18-19-32-38(33)42(49)44(41(32)48)28-14-12-27(13-15-28)43-26-10-6-3-7-11-26/h2-18,20-21,32-33,37-38,43,45H,19,22-23H2,1H3/t32-,33+,37+,38-/m0/s1. The summed E-state index contributed by atoms with van der Waals surface area (Å²) in [7, 11) is 0. The van der Waals surface area contributed by atoms with Gasteiger partial charge in [0.15, 0.2) is 11.6 Å². The summed E-state index contributed by atoms with van der Waals surface area (Å²) in [4.78, 5) is 56.8. The maximum Gasteiger partial charge on any atom is 0.238 e. The fraction of sp³-hybridized carbons (Fsp3) is 0.190. The van der Waals surface area contributed by atoms with Gasteiger partial charge in [-0.1, -0.05) is 66.2 Å². The van der Waals surface area contributed by atoms with Gasteiger partial charge in [-0.25, -0.2) is 0 Å². The van der Waals surface area contributed by atoms with E-state index >= 15 is 0 Å². The van der Waals surface area contributed by atoms with Gasteiger partial charge in [0, 0.05) is 45.6 Å². The second-order valence-corrected chi connectivity index (χ2v) is 13.3. The van der Waals surface area contributed by atoms with E-state index < -0.39 is 23.7 Å². The highest BCUT2D eigenvalue weighted by atomic mass is 16.5. The molecule has 4 aliphatic rings. The van der Waals surface area contributed by atoms with E-state index in [1.807, 2.05) is 78.9 Å². The summed E-state index contributed by atoms with van der Waals surface area (Å²) < 4.78 is 5.95. The van der Waals surface area contributed by atoms with Gasteiger partial charge in [-0.05, 0) is 79.8 Å². The van der Waals surface area contributed by atoms with Crippen molar-refractivity contribution >= 4 is 40.4 Å². The number of aromatic hydroxyl groups is 1. The highest BCUT2D eigenvalue weighted by molar-refractivity contribution is 6.25. The van der Waals surface area contributed by atoms with E-state index in [0.29, 0.717) is 46.7 Å². The van der Waals surface area contributed by atoms with Crippen LogP contribution in [0.15, 0.2) is 138 Å². The SMILES string of the molecule is CC1=CC(=O)C2=C(C[C@@H]3C(=CC[C@@H]4C(=O)N(c5ccc(Nc6ccccc6)cc5)C(=O)[C@@H]43)[C@@H]2c2ccc(OCc3ccccc3)cc2O)C1=O. The number of carbonyl (C=O) groups is 4. The Hall–Kier alpha value is -6.02. The molecule has 0 bridgehead atoms. The Morgan fingerprint density at radius 1 is 0.820 bits per heavy atom. The van der Waals surface area contributed by atoms with Crippen molar-refractivity contribution in [3.63, 3.8) is 0 Å². The maximum absolute atomic E-state index is 14.3. The van der Waals surface area contributed by atoms with Crippen LogP contribution >= 0.6 is 0 Å². The number of Topliss-reactive ketones (excluding diaryl/α,β-unsaturated/α-hetero) is 1. The zero-order valence-electron chi connectivity index (χ0n) is 27.3. The van der Waals surface area contributed by atoms with Gasteiger partial charge >= 0.3 is 0 Å². The van der Waals surface area contributed by atoms with E-state index in [9.17, 15) is 24.3 Å². The number of amides is 2. The summed E-state index contributed by atoms with van der Waals surface area (Å²) >= 11 is 0. The molecule has 0 unspecified atom stereocenters. The van der Waals surface area contributed by atoms with E-state index in [4.69, 9.17) is 4.74 Å². The van der Waals surface area contributed by atoms with Crippen LogP contribution in [-0.2, 0) is 25.8 Å². The lowest BCUT2D eigenvalue weighted by molar-refractivity contribution is -0.123. The molecule has 1 aliphatic heterocycles. The molecular formula is C42H34N2O6. The average molecular weight is 663 g/mol. The molecule has 2 amide bonds. The van der Waals surface area contributed by atoms with E-state index in [2.05, 4.69) is 5.32 Å². The number of ether oxygens (including phenoxy) is 1. The predicted molar refractivity (Wildman–Crippen MR) is 189 cm³/mol. The van der Waals surface area contributed by atoms with E-state index in [1.54, 1.807) is 31.2 Å². The van der Waals surface area contributed by atoms with Crippen LogP contribution in [-0.4, -0.2) is 28.5 Å². The molecule has 0 aromatic heterocycles. The summed E-state index contributed by atoms with van der Waals surface area (Å²) in [5.41, 5.74) is 5.41. The van der Waals surface area contributed by atoms with Crippen LogP contribution in [0.4, 0.5) is 17.1 Å². The molecule has 50 heavy (non-hydrogen) atoms. The molecule has 1 fully saturated rings. The van der Waals surface area contributed by atoms with Crippen molar-refractivity contribution in [3.8, 4) is 11.5 Å². The van der Waals surface area contributed by atoms with E-state index in [-0.39, 0.29) is 35.6 Å². The Morgan fingerprint density at radius 3 is 2.24 bits per heavy atom. The molecule has 248 valence electrons. The van der Waals surface area contributed by atoms with Crippen molar-refractivity contribution < 1.29 is 29.0 Å². The highest BCUT2D eigenvalue weighted by Crippen LogP contribution is 2.56. The van der Waals surface area contributed by atoms with Crippen molar-refractivity contribution in [2.45, 2.75) is 32.3 Å². The van der Waals surface area contributed by atoms with Crippen molar-refractivity contribution in [2.75, 3.05) is 10.2 Å². The lowest BCUT2D eigenvalue weighted by Gasteiger charge is -2.42. The Morgan fingerprint density at radius 2 is 1.52 bits per heavy atom. The molecule has 4 atom stereocenters. The number of allylic oxidation sites excluding steroid dienone is 6. The Kier molecular flexibility index (Phi) is 7.79. The quantitative estimate of drug-likeness (QED) is 0.121. The number of carbonyl (C=O) groups excluding carboxylic acids is 4. The summed E-state index contributed by atoms with van der Waals surface area (Å²) in [5.74, 6) is -3.34. The van der Waals surface area contributed by atoms with Gasteiger partial charge in [0.2, 0.25) is 11.8 Å². The molecule has 8 heteroatoms. The number of ketones is 2. The minimum Gasteiger partial charge on any atom is -0.507 e. The molecule has 4 aromatic rings. The molecule has 3 aliphatic carbocycles. The number of nitrogens with zero attached hydrogens (tertiary/aromatic N) is 1. The van der Waals surface area contributed by atoms with Crippen LogP contribution in [0, 0.1) is 17.8 Å². The Balaban J connectivity index is 1.12. The van der Waals surface area contributed by atoms with Gasteiger partial charge in [-0.2, -0.15) is 0 Å². The monoisotopic (exact) mass is 662 g/mol. The van der Waals surface area contributed by atoms with Crippen molar-refractivity contribution in [3.05, 3.63) is 149 Å². The number of phenolic OH excluding ortho intramolecular Hbond substituents is 1. The van der Waals surface area contributed by atoms with Crippen LogP contribution in [0.5, 0.6) is 11.5 Å². The minimum absolute atomic E-state index is 0.0812. The number of benzene rings is 4. The molecule has 2 N–H and O–H groups in total. The molecule has 8 rings (SSSR count). The predicted octanol–water partition coefficient (Wildman–Crippen LogP) is 7.35. The Bertz CT molecular complexity index is 2150. The number of rotatable bonds is 7. The van der Waals surface area contributed by atoms with Gasteiger partial charge in [0.1, 0.15) is 18.1 Å².